The Balaban J connectivity index is 1.85. The first kappa shape index (κ1) is 25.8. The fraction of sp³-hybridized carbons (Fsp3) is 0.370. The lowest BCUT2D eigenvalue weighted by Gasteiger charge is -2.31. The molecule has 0 fully saturated rings. The molecule has 0 bridgehead atoms. The standard InChI is InChI=1S/C27H33N3O5/c1-27(2,3)35-26(33)30(4)23(15-18-11-7-6-8-12-18)24(31)29-22(25(32)34-5)16-19-17-28-21-14-10-9-13-20(19)21/h6-14,17,22-23,28H,15-16H2,1-5H3,(H,29,31)/t22-,23-/m0/s1. The number of carbonyl (C=O) groups excluding carboxylic acids is 3. The first-order chi connectivity index (χ1) is 16.6. The zero-order valence-electron chi connectivity index (χ0n) is 20.8. The summed E-state index contributed by atoms with van der Waals surface area (Å²) in [7, 11) is 2.80. The van der Waals surface area contributed by atoms with Crippen LogP contribution in [0.2, 0.25) is 0 Å². The Hall–Kier alpha value is -3.81. The van der Waals surface area contributed by atoms with Crippen molar-refractivity contribution in [1.82, 2.24) is 15.2 Å². The van der Waals surface area contributed by atoms with E-state index in [1.807, 2.05) is 60.8 Å². The lowest BCUT2D eigenvalue weighted by Crippen LogP contribution is -2.54. The highest BCUT2D eigenvalue weighted by molar-refractivity contribution is 5.91. The number of ether oxygens (including phenoxy) is 2. The van der Waals surface area contributed by atoms with Crippen molar-refractivity contribution in [2.75, 3.05) is 14.2 Å². The molecule has 0 aliphatic rings. The van der Waals surface area contributed by atoms with Crippen LogP contribution in [0.4, 0.5) is 4.79 Å². The van der Waals surface area contributed by atoms with E-state index >= 15 is 0 Å². The van der Waals surface area contributed by atoms with Gasteiger partial charge in [-0.2, -0.15) is 0 Å². The van der Waals surface area contributed by atoms with Gasteiger partial charge in [-0.25, -0.2) is 9.59 Å². The minimum absolute atomic E-state index is 0.233. The van der Waals surface area contributed by atoms with Crippen molar-refractivity contribution in [1.29, 1.82) is 0 Å². The largest absolute Gasteiger partial charge is 0.467 e. The summed E-state index contributed by atoms with van der Waals surface area (Å²) < 4.78 is 10.5. The Kier molecular flexibility index (Phi) is 8.17. The molecule has 8 nitrogen and oxygen atoms in total. The van der Waals surface area contributed by atoms with Gasteiger partial charge in [-0.05, 0) is 38.0 Å². The number of methoxy groups -OCH3 is 1. The van der Waals surface area contributed by atoms with E-state index in [9.17, 15) is 14.4 Å². The predicted octanol–water partition coefficient (Wildman–Crippen LogP) is 3.85. The summed E-state index contributed by atoms with van der Waals surface area (Å²) in [6.45, 7) is 5.29. The van der Waals surface area contributed by atoms with Crippen LogP contribution in [0.5, 0.6) is 0 Å². The summed E-state index contributed by atoms with van der Waals surface area (Å²) in [4.78, 5) is 43.4. The number of likely N-dealkylation sites (N-methyl/N-ethyl adjacent to an activating group) is 1. The molecule has 8 heteroatoms. The average molecular weight is 480 g/mol. The number of aromatic nitrogens is 1. The smallest absolute Gasteiger partial charge is 0.410 e. The van der Waals surface area contributed by atoms with E-state index in [-0.39, 0.29) is 12.8 Å². The molecule has 35 heavy (non-hydrogen) atoms. The molecular formula is C27H33N3O5. The minimum atomic E-state index is -0.933. The summed E-state index contributed by atoms with van der Waals surface area (Å²) in [6.07, 6.45) is 1.68. The van der Waals surface area contributed by atoms with Crippen molar-refractivity contribution in [2.45, 2.75) is 51.3 Å². The van der Waals surface area contributed by atoms with Crippen molar-refractivity contribution < 1.29 is 23.9 Å². The van der Waals surface area contributed by atoms with E-state index in [1.165, 1.54) is 19.1 Å². The molecule has 1 aromatic heterocycles. The Morgan fingerprint density at radius 3 is 2.31 bits per heavy atom. The second kappa shape index (κ2) is 11.1. The number of benzene rings is 2. The highest BCUT2D eigenvalue weighted by Gasteiger charge is 2.33. The molecule has 2 N–H and O–H groups in total. The molecule has 0 aliphatic heterocycles. The Bertz CT molecular complexity index is 1170. The fourth-order valence-corrected chi connectivity index (χ4v) is 3.83. The van der Waals surface area contributed by atoms with Crippen molar-refractivity contribution in [3.8, 4) is 0 Å². The van der Waals surface area contributed by atoms with Gasteiger partial charge in [-0.15, -0.1) is 0 Å². The molecular weight excluding hydrogens is 446 g/mol. The van der Waals surface area contributed by atoms with Gasteiger partial charge in [0.1, 0.15) is 17.7 Å². The molecule has 3 rings (SSSR count). The van der Waals surface area contributed by atoms with Crippen molar-refractivity contribution >= 4 is 28.9 Å². The summed E-state index contributed by atoms with van der Waals surface area (Å²) >= 11 is 0. The van der Waals surface area contributed by atoms with Crippen LogP contribution >= 0.6 is 0 Å². The summed E-state index contributed by atoms with van der Waals surface area (Å²) in [5, 5.41) is 3.77. The molecule has 0 aliphatic carbocycles. The Morgan fingerprint density at radius 2 is 1.66 bits per heavy atom. The predicted molar refractivity (Wildman–Crippen MR) is 134 cm³/mol. The summed E-state index contributed by atoms with van der Waals surface area (Å²) in [6, 6.07) is 15.3. The first-order valence-corrected chi connectivity index (χ1v) is 11.5. The third-order valence-electron chi connectivity index (χ3n) is 5.62. The molecule has 1 heterocycles. The quantitative estimate of drug-likeness (QED) is 0.478. The van der Waals surface area contributed by atoms with Crippen LogP contribution in [0.3, 0.4) is 0 Å². The van der Waals surface area contributed by atoms with Crippen molar-refractivity contribution in [3.63, 3.8) is 0 Å². The average Bonchev–Trinajstić information content (AvgIpc) is 3.23. The highest BCUT2D eigenvalue weighted by atomic mass is 16.6. The van der Waals surface area contributed by atoms with Crippen molar-refractivity contribution in [2.24, 2.45) is 0 Å². The SMILES string of the molecule is COC(=O)[C@H](Cc1c[nH]c2ccccc12)NC(=O)[C@H](Cc1ccccc1)N(C)C(=O)OC(C)(C)C. The summed E-state index contributed by atoms with van der Waals surface area (Å²) in [5.41, 5.74) is 1.96. The van der Waals surface area contributed by atoms with Gasteiger partial charge in [-0.1, -0.05) is 48.5 Å². The molecule has 3 aromatic rings. The number of nitrogens with one attached hydrogen (secondary N) is 2. The van der Waals surface area contributed by atoms with Crippen LogP contribution < -0.4 is 5.32 Å². The maximum Gasteiger partial charge on any atom is 0.410 e. The second-order valence-electron chi connectivity index (χ2n) is 9.44. The second-order valence-corrected chi connectivity index (χ2v) is 9.44. The number of rotatable bonds is 8. The number of fused-ring (bicyclic) bond motifs is 1. The molecule has 0 unspecified atom stereocenters. The lowest BCUT2D eigenvalue weighted by molar-refractivity contribution is -0.145. The normalized spacial score (nSPS) is 13.1. The third-order valence-corrected chi connectivity index (χ3v) is 5.62. The number of amides is 2. The molecule has 2 amide bonds. The van der Waals surface area contributed by atoms with Crippen LogP contribution in [-0.4, -0.2) is 59.7 Å². The number of esters is 1. The molecule has 0 spiro atoms. The fourth-order valence-electron chi connectivity index (χ4n) is 3.83. The van der Waals surface area contributed by atoms with Gasteiger partial charge in [-0.3, -0.25) is 9.69 Å². The van der Waals surface area contributed by atoms with Crippen molar-refractivity contribution in [3.05, 3.63) is 71.9 Å². The Labute approximate surface area is 205 Å². The van der Waals surface area contributed by atoms with E-state index in [0.717, 1.165) is 22.0 Å². The maximum absolute atomic E-state index is 13.5. The van der Waals surface area contributed by atoms with Crippen LogP contribution in [0.25, 0.3) is 10.9 Å². The van der Waals surface area contributed by atoms with Crippen LogP contribution in [0, 0.1) is 0 Å². The van der Waals surface area contributed by atoms with Crippen LogP contribution in [0.1, 0.15) is 31.9 Å². The maximum atomic E-state index is 13.5. The van der Waals surface area contributed by atoms with Crippen LogP contribution in [-0.2, 0) is 31.9 Å². The van der Waals surface area contributed by atoms with E-state index in [4.69, 9.17) is 9.47 Å². The number of hydrogen-bond acceptors (Lipinski definition) is 5. The van der Waals surface area contributed by atoms with Gasteiger partial charge < -0.3 is 19.8 Å². The third kappa shape index (κ3) is 6.85. The van der Waals surface area contributed by atoms with E-state index in [1.54, 1.807) is 20.8 Å². The van der Waals surface area contributed by atoms with Gasteiger partial charge in [0.25, 0.3) is 0 Å². The molecule has 186 valence electrons. The molecule has 2 aromatic carbocycles. The number of nitrogens with zero attached hydrogens (tertiary/aromatic N) is 1. The van der Waals surface area contributed by atoms with E-state index in [0.29, 0.717) is 0 Å². The monoisotopic (exact) mass is 479 g/mol. The van der Waals surface area contributed by atoms with Gasteiger partial charge in [0.15, 0.2) is 0 Å². The number of aromatic amines is 1. The van der Waals surface area contributed by atoms with E-state index < -0.39 is 35.7 Å². The number of H-pyrrole nitrogens is 1. The van der Waals surface area contributed by atoms with Gasteiger partial charge in [0.05, 0.1) is 7.11 Å². The number of para-hydroxylation sites is 1. The molecule has 2 atom stereocenters. The first-order valence-electron chi connectivity index (χ1n) is 11.5. The zero-order chi connectivity index (χ0) is 25.6. The number of carbonyl (C=O) groups is 3. The number of hydrogen-bond donors (Lipinski definition) is 2. The van der Waals surface area contributed by atoms with Gasteiger partial charge >= 0.3 is 12.1 Å². The Morgan fingerprint density at radius 1 is 1.00 bits per heavy atom. The molecule has 0 radical (unpaired) electrons. The highest BCUT2D eigenvalue weighted by Crippen LogP contribution is 2.20. The van der Waals surface area contributed by atoms with E-state index in [2.05, 4.69) is 10.3 Å². The van der Waals surface area contributed by atoms with Gasteiger partial charge in [0.2, 0.25) is 5.91 Å². The van der Waals surface area contributed by atoms with Gasteiger partial charge in [0, 0.05) is 37.0 Å². The van der Waals surface area contributed by atoms with Crippen LogP contribution in [0.15, 0.2) is 60.8 Å². The minimum Gasteiger partial charge on any atom is -0.467 e. The topological polar surface area (TPSA) is 101 Å². The lowest BCUT2D eigenvalue weighted by atomic mass is 10.0. The summed E-state index contributed by atoms with van der Waals surface area (Å²) in [5.74, 6) is -1.04. The zero-order valence-corrected chi connectivity index (χ0v) is 20.8. The molecule has 0 saturated carbocycles. The molecule has 0 saturated heterocycles.